The van der Waals surface area contributed by atoms with Gasteiger partial charge >= 0.3 is 0 Å². The van der Waals surface area contributed by atoms with Crippen molar-refractivity contribution in [3.63, 3.8) is 0 Å². The summed E-state index contributed by atoms with van der Waals surface area (Å²) >= 11 is 0. The maximum absolute atomic E-state index is 12.3. The predicted molar refractivity (Wildman–Crippen MR) is 62.4 cm³/mol. The molecule has 0 bridgehead atoms. The number of nitro benzene ring substituents is 1. The van der Waals surface area contributed by atoms with Crippen LogP contribution in [0.1, 0.15) is 6.42 Å². The van der Waals surface area contributed by atoms with E-state index in [1.165, 1.54) is 24.3 Å². The first-order valence-electron chi connectivity index (χ1n) is 5.35. The molecule has 1 saturated heterocycles. The van der Waals surface area contributed by atoms with E-state index in [0.29, 0.717) is 19.6 Å². The molecule has 0 unspecified atom stereocenters. The van der Waals surface area contributed by atoms with Crippen molar-refractivity contribution in [2.24, 2.45) is 0 Å². The molecule has 1 aliphatic heterocycles. The summed E-state index contributed by atoms with van der Waals surface area (Å²) < 4.78 is 30.7. The van der Waals surface area contributed by atoms with E-state index in [1.807, 2.05) is 0 Å². The Morgan fingerprint density at radius 1 is 1.33 bits per heavy atom. The molecule has 2 rings (SSSR count). The fourth-order valence-electron chi connectivity index (χ4n) is 1.73. The third-order valence-corrected chi connectivity index (χ3v) is 4.48. The van der Waals surface area contributed by atoms with E-state index >= 15 is 0 Å². The van der Waals surface area contributed by atoms with Gasteiger partial charge in [-0.25, -0.2) is 8.42 Å². The van der Waals surface area contributed by atoms with Crippen molar-refractivity contribution in [3.8, 4) is 0 Å². The molecule has 1 fully saturated rings. The lowest BCUT2D eigenvalue weighted by Crippen LogP contribution is -2.38. The lowest BCUT2D eigenvalue weighted by molar-refractivity contribution is -0.387. The second-order valence-electron chi connectivity index (χ2n) is 3.80. The SMILES string of the molecule is O=[N+]([O-])c1ccccc1S(=O)(=O)N1CCCOC1. The first-order valence-corrected chi connectivity index (χ1v) is 6.79. The summed E-state index contributed by atoms with van der Waals surface area (Å²) in [7, 11) is -3.87. The van der Waals surface area contributed by atoms with E-state index in [2.05, 4.69) is 0 Å². The van der Waals surface area contributed by atoms with Gasteiger partial charge in [0.2, 0.25) is 0 Å². The number of hydrogen-bond donors (Lipinski definition) is 0. The monoisotopic (exact) mass is 272 g/mol. The molecule has 7 nitrogen and oxygen atoms in total. The van der Waals surface area contributed by atoms with Crippen LogP contribution in [0.2, 0.25) is 0 Å². The summed E-state index contributed by atoms with van der Waals surface area (Å²) in [5.41, 5.74) is -0.414. The molecule has 18 heavy (non-hydrogen) atoms. The highest BCUT2D eigenvalue weighted by Gasteiger charge is 2.32. The minimum atomic E-state index is -3.87. The number of para-hydroxylation sites is 1. The van der Waals surface area contributed by atoms with Crippen molar-refractivity contribution in [3.05, 3.63) is 34.4 Å². The summed E-state index contributed by atoms with van der Waals surface area (Å²) in [6, 6.07) is 5.31. The van der Waals surface area contributed by atoms with Crippen LogP contribution in [0, 0.1) is 10.1 Å². The lowest BCUT2D eigenvalue weighted by Gasteiger charge is -2.25. The quantitative estimate of drug-likeness (QED) is 0.604. The van der Waals surface area contributed by atoms with Crippen LogP contribution in [-0.4, -0.2) is 37.5 Å². The van der Waals surface area contributed by atoms with Crippen LogP contribution < -0.4 is 0 Å². The number of sulfonamides is 1. The van der Waals surface area contributed by atoms with Gasteiger partial charge in [0.15, 0.2) is 4.90 Å². The molecule has 0 saturated carbocycles. The molecule has 8 heteroatoms. The van der Waals surface area contributed by atoms with Gasteiger partial charge in [-0.1, -0.05) is 12.1 Å². The second-order valence-corrected chi connectivity index (χ2v) is 5.70. The van der Waals surface area contributed by atoms with Crippen molar-refractivity contribution in [1.82, 2.24) is 4.31 Å². The van der Waals surface area contributed by atoms with Crippen molar-refractivity contribution in [1.29, 1.82) is 0 Å². The average Bonchev–Trinajstić information content (AvgIpc) is 2.39. The Morgan fingerprint density at radius 3 is 2.67 bits per heavy atom. The van der Waals surface area contributed by atoms with Crippen molar-refractivity contribution < 1.29 is 18.1 Å². The van der Waals surface area contributed by atoms with Crippen LogP contribution in [-0.2, 0) is 14.8 Å². The highest BCUT2D eigenvalue weighted by atomic mass is 32.2. The molecule has 0 aromatic heterocycles. The Balaban J connectivity index is 2.43. The van der Waals surface area contributed by atoms with Gasteiger partial charge in [0, 0.05) is 19.2 Å². The Morgan fingerprint density at radius 2 is 2.06 bits per heavy atom. The Hall–Kier alpha value is -1.51. The fourth-order valence-corrected chi connectivity index (χ4v) is 3.25. The van der Waals surface area contributed by atoms with Crippen LogP contribution in [0.25, 0.3) is 0 Å². The van der Waals surface area contributed by atoms with Gasteiger partial charge in [0.05, 0.1) is 4.92 Å². The molecule has 1 aromatic carbocycles. The van der Waals surface area contributed by atoms with Crippen molar-refractivity contribution in [2.45, 2.75) is 11.3 Å². The molecule has 0 spiro atoms. The van der Waals surface area contributed by atoms with E-state index in [-0.39, 0.29) is 11.6 Å². The topological polar surface area (TPSA) is 89.8 Å². The Bertz CT molecular complexity index is 551. The molecule has 0 N–H and O–H groups in total. The zero-order valence-electron chi connectivity index (χ0n) is 9.48. The van der Waals surface area contributed by atoms with Gasteiger partial charge in [0.1, 0.15) is 6.73 Å². The molecule has 0 aliphatic carbocycles. The maximum Gasteiger partial charge on any atom is 0.289 e. The Labute approximate surface area is 104 Å². The molecular formula is C10H12N2O5S. The predicted octanol–water partition coefficient (Wildman–Crippen LogP) is 0.963. The summed E-state index contributed by atoms with van der Waals surface area (Å²) in [6.07, 6.45) is 0.583. The zero-order valence-corrected chi connectivity index (χ0v) is 10.3. The normalized spacial score (nSPS) is 17.6. The summed E-state index contributed by atoms with van der Waals surface area (Å²) in [5.74, 6) is 0. The average molecular weight is 272 g/mol. The molecular weight excluding hydrogens is 260 g/mol. The summed E-state index contributed by atoms with van der Waals surface area (Å²) in [4.78, 5) is 9.85. The summed E-state index contributed by atoms with van der Waals surface area (Å²) in [5, 5.41) is 10.8. The number of nitrogens with zero attached hydrogens (tertiary/aromatic N) is 2. The van der Waals surface area contributed by atoms with Crippen LogP contribution >= 0.6 is 0 Å². The van der Waals surface area contributed by atoms with Gasteiger partial charge in [-0.05, 0) is 12.5 Å². The lowest BCUT2D eigenvalue weighted by atomic mass is 10.3. The van der Waals surface area contributed by atoms with Crippen LogP contribution in [0.5, 0.6) is 0 Å². The Kier molecular flexibility index (Phi) is 3.60. The molecule has 1 aromatic rings. The van der Waals surface area contributed by atoms with Gasteiger partial charge in [-0.2, -0.15) is 4.31 Å². The summed E-state index contributed by atoms with van der Waals surface area (Å²) in [6.45, 7) is 0.756. The van der Waals surface area contributed by atoms with Crippen LogP contribution in [0.3, 0.4) is 0 Å². The molecule has 0 atom stereocenters. The van der Waals surface area contributed by atoms with Crippen molar-refractivity contribution >= 4 is 15.7 Å². The van der Waals surface area contributed by atoms with Gasteiger partial charge in [-0.15, -0.1) is 0 Å². The van der Waals surface area contributed by atoms with Gasteiger partial charge in [0.25, 0.3) is 15.7 Å². The second kappa shape index (κ2) is 5.01. The number of nitro groups is 1. The largest absolute Gasteiger partial charge is 0.365 e. The number of rotatable bonds is 3. The van der Waals surface area contributed by atoms with E-state index in [9.17, 15) is 18.5 Å². The smallest absolute Gasteiger partial charge is 0.289 e. The highest BCUT2D eigenvalue weighted by Crippen LogP contribution is 2.26. The molecule has 98 valence electrons. The molecule has 1 heterocycles. The molecule has 0 amide bonds. The third-order valence-electron chi connectivity index (χ3n) is 2.61. The minimum Gasteiger partial charge on any atom is -0.365 e. The maximum atomic E-state index is 12.3. The van der Waals surface area contributed by atoms with Gasteiger partial charge in [-0.3, -0.25) is 10.1 Å². The van der Waals surface area contributed by atoms with E-state index < -0.39 is 20.6 Å². The van der Waals surface area contributed by atoms with Crippen LogP contribution in [0.4, 0.5) is 5.69 Å². The molecule has 1 aliphatic rings. The first-order chi connectivity index (χ1) is 8.53. The van der Waals surface area contributed by atoms with E-state index in [0.717, 1.165) is 4.31 Å². The van der Waals surface area contributed by atoms with Crippen LogP contribution in [0.15, 0.2) is 29.2 Å². The number of benzene rings is 1. The first kappa shape index (κ1) is 12.9. The van der Waals surface area contributed by atoms with Gasteiger partial charge < -0.3 is 4.74 Å². The molecule has 0 radical (unpaired) electrons. The van der Waals surface area contributed by atoms with Crippen molar-refractivity contribution in [2.75, 3.05) is 19.9 Å². The standard InChI is InChI=1S/C10H12N2O5S/c13-12(14)9-4-1-2-5-10(9)18(15,16)11-6-3-7-17-8-11/h1-2,4-5H,3,6-8H2. The van der Waals surface area contributed by atoms with E-state index in [1.54, 1.807) is 0 Å². The number of ether oxygens (including phenoxy) is 1. The zero-order chi connectivity index (χ0) is 13.2. The number of hydrogen-bond acceptors (Lipinski definition) is 5. The minimum absolute atomic E-state index is 0.0611. The van der Waals surface area contributed by atoms with E-state index in [4.69, 9.17) is 4.74 Å². The highest BCUT2D eigenvalue weighted by molar-refractivity contribution is 7.89. The fraction of sp³-hybridized carbons (Fsp3) is 0.400. The third kappa shape index (κ3) is 2.35.